The van der Waals surface area contributed by atoms with E-state index in [-0.39, 0.29) is 10.8 Å². The molecule has 0 radical (unpaired) electrons. The van der Waals surface area contributed by atoms with Gasteiger partial charge in [0.2, 0.25) is 0 Å². The molecule has 0 unspecified atom stereocenters. The molecule has 1 heteroatoms. The number of rotatable bonds is 2. The van der Waals surface area contributed by atoms with E-state index < -0.39 is 15.5 Å². The van der Waals surface area contributed by atoms with Crippen LogP contribution in [0.4, 0.5) is 0 Å². The molecule has 2 aromatic rings. The van der Waals surface area contributed by atoms with E-state index in [4.69, 9.17) is 0 Å². The first-order valence-electron chi connectivity index (χ1n) is 11.6. The zero-order valence-electron chi connectivity index (χ0n) is 20.2. The van der Waals surface area contributed by atoms with Gasteiger partial charge in [-0.3, -0.25) is 0 Å². The zero-order valence-corrected chi connectivity index (χ0v) is 23.2. The van der Waals surface area contributed by atoms with Crippen LogP contribution in [-0.4, -0.2) is 4.11 Å². The van der Waals surface area contributed by atoms with E-state index >= 15 is 0 Å². The van der Waals surface area contributed by atoms with Crippen molar-refractivity contribution in [2.45, 2.75) is 77.2 Å². The van der Waals surface area contributed by atoms with Gasteiger partial charge in [-0.15, -0.1) is 0 Å². The van der Waals surface area contributed by atoms with Crippen molar-refractivity contribution < 1.29 is 15.5 Å². The number of hydrogen-bond acceptors (Lipinski definition) is 0. The van der Waals surface area contributed by atoms with Gasteiger partial charge in [0.1, 0.15) is 0 Å². The summed E-state index contributed by atoms with van der Waals surface area (Å²) in [5.41, 5.74) is 9.42. The van der Waals surface area contributed by atoms with Crippen molar-refractivity contribution in [1.82, 2.24) is 0 Å². The Bertz CT molecular complexity index is 1030. The van der Waals surface area contributed by atoms with E-state index in [1.807, 2.05) is 0 Å². The summed E-state index contributed by atoms with van der Waals surface area (Å²) in [5.74, 6) is 0. The Labute approximate surface area is 188 Å². The number of hydrogen-bond donors (Lipinski definition) is 0. The van der Waals surface area contributed by atoms with Crippen LogP contribution in [0.1, 0.15) is 88.6 Å². The third kappa shape index (κ3) is 3.75. The molecule has 0 heterocycles. The number of benzene rings is 2. The molecule has 0 aromatic heterocycles. The fourth-order valence-corrected chi connectivity index (χ4v) is 15.5. The average Bonchev–Trinajstić information content (AvgIpc) is 3.27. The van der Waals surface area contributed by atoms with Crippen LogP contribution in [0.25, 0.3) is 11.1 Å². The van der Waals surface area contributed by atoms with E-state index in [9.17, 15) is 0 Å². The van der Waals surface area contributed by atoms with Crippen LogP contribution in [0.3, 0.4) is 0 Å². The zero-order chi connectivity index (χ0) is 21.8. The molecular weight excluding hydrogens is 414 g/mol. The summed E-state index contributed by atoms with van der Waals surface area (Å²) in [5, 5.41) is 0. The fourth-order valence-electron chi connectivity index (χ4n) is 5.63. The molecule has 154 valence electrons. The Kier molecular flexibility index (Phi) is 5.43. The van der Waals surface area contributed by atoms with Crippen LogP contribution in [0, 0.1) is 0 Å². The van der Waals surface area contributed by atoms with Gasteiger partial charge in [-0.05, 0) is 0 Å². The molecule has 0 saturated heterocycles. The van der Waals surface area contributed by atoms with E-state index in [1.54, 1.807) is 19.4 Å². The summed E-state index contributed by atoms with van der Waals surface area (Å²) >= 11 is -2.16. The molecule has 0 bridgehead atoms. The first kappa shape index (κ1) is 21.6. The van der Waals surface area contributed by atoms with Gasteiger partial charge < -0.3 is 0 Å². The van der Waals surface area contributed by atoms with Crippen LogP contribution < -0.4 is 0 Å². The van der Waals surface area contributed by atoms with Gasteiger partial charge in [0.05, 0.1) is 0 Å². The maximum atomic E-state index is 2.51. The Hall–Kier alpha value is -1.59. The van der Waals surface area contributed by atoms with E-state index in [0.717, 1.165) is 0 Å². The second kappa shape index (κ2) is 7.53. The molecule has 4 rings (SSSR count). The summed E-state index contributed by atoms with van der Waals surface area (Å²) in [4.78, 5) is 0. The molecule has 0 saturated carbocycles. The SMILES string of the molecule is C[C](C)=[Zn]([C]1=CC=CC1)[CH]1c2ccc(C(C)(C)C)cc2-c2cc(C(C)(C)C)ccc21. The number of fused-ring (bicyclic) bond motifs is 3. The first-order valence-corrected chi connectivity index (χ1v) is 16.3. The quantitative estimate of drug-likeness (QED) is 0.407. The van der Waals surface area contributed by atoms with Gasteiger partial charge in [0, 0.05) is 0 Å². The third-order valence-corrected chi connectivity index (χ3v) is 17.3. The molecule has 0 amide bonds. The molecule has 0 atom stereocenters. The monoisotopic (exact) mass is 448 g/mol. The van der Waals surface area contributed by atoms with Crippen molar-refractivity contribution in [3.8, 4) is 11.1 Å². The van der Waals surface area contributed by atoms with Gasteiger partial charge >= 0.3 is 189 Å². The molecule has 0 fully saturated rings. The van der Waals surface area contributed by atoms with Crippen molar-refractivity contribution in [3.63, 3.8) is 0 Å². The van der Waals surface area contributed by atoms with Crippen LogP contribution in [-0.2, 0) is 26.3 Å². The fraction of sp³-hybridized carbons (Fsp3) is 0.414. The van der Waals surface area contributed by atoms with E-state index in [1.165, 1.54) is 28.7 Å². The van der Waals surface area contributed by atoms with E-state index in [0.29, 0.717) is 4.51 Å². The molecule has 30 heavy (non-hydrogen) atoms. The van der Waals surface area contributed by atoms with Gasteiger partial charge in [0.15, 0.2) is 0 Å². The second-order valence-corrected chi connectivity index (χ2v) is 20.9. The molecule has 2 aliphatic carbocycles. The van der Waals surface area contributed by atoms with E-state index in [2.05, 4.69) is 110 Å². The minimum absolute atomic E-state index is 0.169. The molecule has 2 aromatic carbocycles. The molecule has 0 aliphatic heterocycles. The van der Waals surface area contributed by atoms with Gasteiger partial charge in [-0.2, -0.15) is 0 Å². The maximum absolute atomic E-state index is 2.51. The summed E-state index contributed by atoms with van der Waals surface area (Å²) in [6, 6.07) is 14.8. The Balaban J connectivity index is 1.98. The van der Waals surface area contributed by atoms with Crippen molar-refractivity contribution in [1.29, 1.82) is 0 Å². The summed E-state index contributed by atoms with van der Waals surface area (Å²) in [6.45, 7) is 18.8. The Morgan fingerprint density at radius 2 is 1.30 bits per heavy atom. The predicted molar refractivity (Wildman–Crippen MR) is 129 cm³/mol. The van der Waals surface area contributed by atoms with Gasteiger partial charge in [-0.25, -0.2) is 0 Å². The van der Waals surface area contributed by atoms with Crippen LogP contribution in [0.5, 0.6) is 0 Å². The second-order valence-electron chi connectivity index (χ2n) is 11.9. The standard InChI is InChI=1S/C21H25.C5H5.C3H6.Zn/c1-20(2,3)16-9-7-14-11-15-8-10-17(21(4,5)6)13-19(15)18(14)12-16;1-2-4-5-3-1;1-3-2;/h7-13H,1-6H3;1-3H,4H2;1-2H3;. The third-order valence-electron chi connectivity index (χ3n) is 7.39. The summed E-state index contributed by atoms with van der Waals surface area (Å²) < 4.78 is 4.10. The van der Waals surface area contributed by atoms with Crippen molar-refractivity contribution in [3.05, 3.63) is 81.0 Å². The molecular formula is C29H36Zn. The predicted octanol–water partition coefficient (Wildman–Crippen LogP) is 8.03. The van der Waals surface area contributed by atoms with Gasteiger partial charge in [0.25, 0.3) is 0 Å². The van der Waals surface area contributed by atoms with Gasteiger partial charge in [-0.1, -0.05) is 0 Å². The average molecular weight is 450 g/mol. The molecule has 0 spiro atoms. The summed E-state index contributed by atoms with van der Waals surface area (Å²) in [6.07, 6.45) is 8.25. The topological polar surface area (TPSA) is 0 Å². The Morgan fingerprint density at radius 3 is 1.67 bits per heavy atom. The molecule has 0 nitrogen and oxygen atoms in total. The van der Waals surface area contributed by atoms with Crippen molar-refractivity contribution in [2.24, 2.45) is 0 Å². The van der Waals surface area contributed by atoms with Crippen LogP contribution >= 0.6 is 0 Å². The Morgan fingerprint density at radius 1 is 0.800 bits per heavy atom. The van der Waals surface area contributed by atoms with Crippen molar-refractivity contribution >= 4 is 4.11 Å². The normalized spacial score (nSPS) is 15.5. The number of allylic oxidation sites excluding steroid dienone is 4. The molecule has 2 aliphatic rings. The summed E-state index contributed by atoms with van der Waals surface area (Å²) in [7, 11) is 0. The molecule has 0 N–H and O–H groups in total. The van der Waals surface area contributed by atoms with Crippen molar-refractivity contribution in [2.75, 3.05) is 0 Å². The first-order chi connectivity index (χ1) is 14.0. The van der Waals surface area contributed by atoms with Crippen LogP contribution in [0.2, 0.25) is 0 Å². The minimum atomic E-state index is -2.16. The van der Waals surface area contributed by atoms with Crippen LogP contribution in [0.15, 0.2) is 58.8 Å².